The zero-order valence-corrected chi connectivity index (χ0v) is 15.5. The number of pyridine rings is 1. The van der Waals surface area contributed by atoms with Gasteiger partial charge in [0.1, 0.15) is 17.3 Å². The highest BCUT2D eigenvalue weighted by Crippen LogP contribution is 2.36. The van der Waals surface area contributed by atoms with Gasteiger partial charge in [-0.2, -0.15) is 0 Å². The topological polar surface area (TPSA) is 37.8 Å². The highest BCUT2D eigenvalue weighted by atomic mass is 16.5. The molecule has 1 aromatic carbocycles. The zero-order valence-electron chi connectivity index (χ0n) is 15.5. The van der Waals surface area contributed by atoms with Gasteiger partial charge in [-0.25, -0.2) is 4.98 Å². The molecule has 3 rings (SSSR count). The summed E-state index contributed by atoms with van der Waals surface area (Å²) >= 11 is 0. The first kappa shape index (κ1) is 17.5. The van der Waals surface area contributed by atoms with E-state index in [4.69, 9.17) is 9.47 Å². The van der Waals surface area contributed by atoms with Crippen LogP contribution in [0.1, 0.15) is 23.5 Å². The molecule has 1 saturated heterocycles. The molecule has 2 aromatic rings. The van der Waals surface area contributed by atoms with E-state index < -0.39 is 0 Å². The van der Waals surface area contributed by atoms with Crippen LogP contribution in [-0.2, 0) is 6.54 Å². The maximum atomic E-state index is 5.56. The van der Waals surface area contributed by atoms with E-state index in [0.717, 1.165) is 43.4 Å². The molecule has 1 fully saturated rings. The Morgan fingerprint density at radius 1 is 1.16 bits per heavy atom. The Labute approximate surface area is 150 Å². The molecule has 0 saturated carbocycles. The summed E-state index contributed by atoms with van der Waals surface area (Å²) < 4.78 is 10.9. The van der Waals surface area contributed by atoms with Crippen molar-refractivity contribution in [3.8, 4) is 11.5 Å². The van der Waals surface area contributed by atoms with Gasteiger partial charge in [-0.3, -0.25) is 4.90 Å². The zero-order chi connectivity index (χ0) is 17.8. The molecule has 0 aliphatic carbocycles. The van der Waals surface area contributed by atoms with Gasteiger partial charge in [0.15, 0.2) is 0 Å². The number of hydrogen-bond acceptors (Lipinski definition) is 5. The first-order valence-corrected chi connectivity index (χ1v) is 8.67. The minimum Gasteiger partial charge on any atom is -0.497 e. The lowest BCUT2D eigenvalue weighted by molar-refractivity contribution is 0.325. The van der Waals surface area contributed by atoms with Crippen LogP contribution in [0.25, 0.3) is 0 Å². The Hall–Kier alpha value is -2.27. The summed E-state index contributed by atoms with van der Waals surface area (Å²) in [5, 5.41) is 0. The second-order valence-corrected chi connectivity index (χ2v) is 6.75. The molecule has 1 aliphatic rings. The normalized spacial score (nSPS) is 17.5. The maximum absolute atomic E-state index is 5.56. The van der Waals surface area contributed by atoms with Gasteiger partial charge in [0, 0.05) is 44.9 Å². The Kier molecular flexibility index (Phi) is 5.43. The van der Waals surface area contributed by atoms with Gasteiger partial charge in [-0.05, 0) is 42.8 Å². The predicted molar refractivity (Wildman–Crippen MR) is 101 cm³/mol. The number of hydrogen-bond donors (Lipinski definition) is 0. The van der Waals surface area contributed by atoms with Crippen molar-refractivity contribution in [2.45, 2.75) is 18.9 Å². The van der Waals surface area contributed by atoms with Crippen LogP contribution in [0.2, 0.25) is 0 Å². The summed E-state index contributed by atoms with van der Waals surface area (Å²) in [5.41, 5.74) is 2.49. The van der Waals surface area contributed by atoms with Crippen LogP contribution < -0.4 is 14.4 Å². The summed E-state index contributed by atoms with van der Waals surface area (Å²) in [6.07, 6.45) is 3.11. The number of rotatable bonds is 6. The Morgan fingerprint density at radius 3 is 2.64 bits per heavy atom. The Morgan fingerprint density at radius 2 is 2.00 bits per heavy atom. The highest BCUT2D eigenvalue weighted by Gasteiger charge is 2.26. The first-order chi connectivity index (χ1) is 12.1. The monoisotopic (exact) mass is 341 g/mol. The average Bonchev–Trinajstić information content (AvgIpc) is 3.10. The van der Waals surface area contributed by atoms with Gasteiger partial charge in [0.05, 0.1) is 14.2 Å². The number of nitrogens with zero attached hydrogens (tertiary/aromatic N) is 3. The van der Waals surface area contributed by atoms with Crippen molar-refractivity contribution in [2.75, 3.05) is 46.3 Å². The Balaban J connectivity index is 1.67. The second-order valence-electron chi connectivity index (χ2n) is 6.75. The van der Waals surface area contributed by atoms with E-state index in [1.54, 1.807) is 14.2 Å². The number of methoxy groups -OCH3 is 2. The van der Waals surface area contributed by atoms with Gasteiger partial charge in [0.2, 0.25) is 0 Å². The summed E-state index contributed by atoms with van der Waals surface area (Å²) in [7, 11) is 7.45. The van der Waals surface area contributed by atoms with E-state index in [9.17, 15) is 0 Å². The molecule has 5 heteroatoms. The number of benzene rings is 1. The number of ether oxygens (including phenoxy) is 2. The third kappa shape index (κ3) is 4.04. The van der Waals surface area contributed by atoms with Crippen LogP contribution in [0.3, 0.4) is 0 Å². The fraction of sp³-hybridized carbons (Fsp3) is 0.450. The predicted octanol–water partition coefficient (Wildman–Crippen LogP) is 3.15. The van der Waals surface area contributed by atoms with Gasteiger partial charge >= 0.3 is 0 Å². The molecular formula is C20H27N3O2. The van der Waals surface area contributed by atoms with E-state index in [1.807, 2.05) is 37.3 Å². The lowest BCUT2D eigenvalue weighted by Gasteiger charge is -2.18. The summed E-state index contributed by atoms with van der Waals surface area (Å²) in [5.74, 6) is 3.30. The number of anilines is 1. The van der Waals surface area contributed by atoms with Crippen LogP contribution in [0.5, 0.6) is 11.5 Å². The molecule has 0 radical (unpaired) electrons. The molecule has 2 heterocycles. The van der Waals surface area contributed by atoms with Crippen LogP contribution in [0, 0.1) is 0 Å². The van der Waals surface area contributed by atoms with E-state index in [-0.39, 0.29) is 0 Å². The smallest absolute Gasteiger partial charge is 0.127 e. The van der Waals surface area contributed by atoms with E-state index in [1.165, 1.54) is 11.1 Å². The maximum Gasteiger partial charge on any atom is 0.127 e. The van der Waals surface area contributed by atoms with Crippen LogP contribution in [0.15, 0.2) is 36.5 Å². The quantitative estimate of drug-likeness (QED) is 0.807. The molecule has 0 amide bonds. The fourth-order valence-corrected chi connectivity index (χ4v) is 3.42. The second kappa shape index (κ2) is 7.74. The first-order valence-electron chi connectivity index (χ1n) is 8.67. The molecular weight excluding hydrogens is 314 g/mol. The standard InChI is InChI=1S/C20H27N3O2/c1-22(2)20-8-5-15(12-21-20)13-23-10-9-16(14-23)18-11-17(24-3)6-7-19(18)25-4/h5-8,11-12,16H,9-10,13-14H2,1-4H3/t16-/m1/s1. The molecule has 0 unspecified atom stereocenters. The SMILES string of the molecule is COc1ccc(OC)c([C@@H]2CCN(Cc3ccc(N(C)C)nc3)C2)c1. The lowest BCUT2D eigenvalue weighted by atomic mass is 9.97. The van der Waals surface area contributed by atoms with Crippen LogP contribution >= 0.6 is 0 Å². The van der Waals surface area contributed by atoms with Crippen molar-refractivity contribution in [1.82, 2.24) is 9.88 Å². The molecule has 25 heavy (non-hydrogen) atoms. The molecule has 1 atom stereocenters. The summed E-state index contributed by atoms with van der Waals surface area (Å²) in [4.78, 5) is 9.01. The van der Waals surface area contributed by atoms with Gasteiger partial charge in [-0.15, -0.1) is 0 Å². The van der Waals surface area contributed by atoms with Crippen molar-refractivity contribution in [1.29, 1.82) is 0 Å². The molecule has 5 nitrogen and oxygen atoms in total. The van der Waals surface area contributed by atoms with Crippen molar-refractivity contribution < 1.29 is 9.47 Å². The molecule has 1 aliphatic heterocycles. The van der Waals surface area contributed by atoms with Crippen LogP contribution in [-0.4, -0.2) is 51.3 Å². The highest BCUT2D eigenvalue weighted by molar-refractivity contribution is 5.43. The average molecular weight is 341 g/mol. The number of aromatic nitrogens is 1. The van der Waals surface area contributed by atoms with Gasteiger partial charge in [-0.1, -0.05) is 6.07 Å². The van der Waals surface area contributed by atoms with E-state index in [0.29, 0.717) is 5.92 Å². The number of likely N-dealkylation sites (tertiary alicyclic amines) is 1. The van der Waals surface area contributed by atoms with Gasteiger partial charge in [0.25, 0.3) is 0 Å². The lowest BCUT2D eigenvalue weighted by Crippen LogP contribution is -2.20. The van der Waals surface area contributed by atoms with Crippen molar-refractivity contribution in [3.63, 3.8) is 0 Å². The van der Waals surface area contributed by atoms with Crippen molar-refractivity contribution in [3.05, 3.63) is 47.7 Å². The van der Waals surface area contributed by atoms with E-state index in [2.05, 4.69) is 28.1 Å². The minimum absolute atomic E-state index is 0.471. The van der Waals surface area contributed by atoms with E-state index >= 15 is 0 Å². The largest absolute Gasteiger partial charge is 0.497 e. The minimum atomic E-state index is 0.471. The van der Waals surface area contributed by atoms with Gasteiger partial charge < -0.3 is 14.4 Å². The molecule has 134 valence electrons. The third-order valence-corrected chi connectivity index (χ3v) is 4.82. The molecule has 1 aromatic heterocycles. The molecule has 0 bridgehead atoms. The summed E-state index contributed by atoms with van der Waals surface area (Å²) in [6.45, 7) is 3.04. The third-order valence-electron chi connectivity index (χ3n) is 4.82. The Bertz CT molecular complexity index is 701. The molecule has 0 spiro atoms. The van der Waals surface area contributed by atoms with Crippen molar-refractivity contribution >= 4 is 5.82 Å². The fourth-order valence-electron chi connectivity index (χ4n) is 3.42. The summed E-state index contributed by atoms with van der Waals surface area (Å²) in [6, 6.07) is 10.3. The molecule has 0 N–H and O–H groups in total. The van der Waals surface area contributed by atoms with Crippen molar-refractivity contribution in [2.24, 2.45) is 0 Å². The van der Waals surface area contributed by atoms with Crippen LogP contribution in [0.4, 0.5) is 5.82 Å².